The van der Waals surface area contributed by atoms with Crippen LogP contribution in [0.5, 0.6) is 0 Å². The summed E-state index contributed by atoms with van der Waals surface area (Å²) in [7, 11) is 0. The zero-order valence-corrected chi connectivity index (χ0v) is 16.7. The lowest BCUT2D eigenvalue weighted by atomic mass is 9.85. The van der Waals surface area contributed by atoms with Gasteiger partial charge in [0.15, 0.2) is 0 Å². The van der Waals surface area contributed by atoms with E-state index in [4.69, 9.17) is 5.73 Å². The number of anilines is 2. The number of likely N-dealkylation sites (tertiary alicyclic amines) is 1. The van der Waals surface area contributed by atoms with E-state index in [1.165, 1.54) is 48.5 Å². The first-order valence-corrected chi connectivity index (χ1v) is 9.99. The second-order valence-corrected chi connectivity index (χ2v) is 7.88. The fourth-order valence-corrected chi connectivity index (χ4v) is 4.22. The molecule has 2 saturated heterocycles. The minimum absolute atomic E-state index is 0.0190. The molecule has 0 bridgehead atoms. The van der Waals surface area contributed by atoms with Gasteiger partial charge in [-0.25, -0.2) is 13.7 Å². The molecular formula is C22H22F2N4O3. The molecule has 0 aliphatic carbocycles. The highest BCUT2D eigenvalue weighted by molar-refractivity contribution is 6.22. The van der Waals surface area contributed by atoms with Crippen molar-refractivity contribution in [3.8, 4) is 0 Å². The highest BCUT2D eigenvalue weighted by Crippen LogP contribution is 2.32. The van der Waals surface area contributed by atoms with E-state index in [0.717, 1.165) is 4.90 Å². The van der Waals surface area contributed by atoms with Gasteiger partial charge in [0.1, 0.15) is 17.2 Å². The molecule has 2 aliphatic heterocycles. The molecule has 162 valence electrons. The Morgan fingerprint density at radius 2 is 1.52 bits per heavy atom. The molecule has 0 aromatic heterocycles. The molecule has 2 aliphatic rings. The van der Waals surface area contributed by atoms with Gasteiger partial charge in [-0.3, -0.25) is 19.3 Å². The van der Waals surface area contributed by atoms with Crippen molar-refractivity contribution in [1.29, 1.82) is 0 Å². The fourth-order valence-electron chi connectivity index (χ4n) is 4.22. The van der Waals surface area contributed by atoms with Crippen LogP contribution in [0.3, 0.4) is 0 Å². The molecule has 2 fully saturated rings. The Morgan fingerprint density at radius 1 is 0.968 bits per heavy atom. The lowest BCUT2D eigenvalue weighted by Crippen LogP contribution is -2.59. The third kappa shape index (κ3) is 4.00. The smallest absolute Gasteiger partial charge is 0.251 e. The molecule has 2 heterocycles. The van der Waals surface area contributed by atoms with Crippen LogP contribution in [0.4, 0.5) is 20.2 Å². The Labute approximate surface area is 177 Å². The van der Waals surface area contributed by atoms with Crippen molar-refractivity contribution in [1.82, 2.24) is 4.90 Å². The summed E-state index contributed by atoms with van der Waals surface area (Å²) in [6, 6.07) is 10.2. The van der Waals surface area contributed by atoms with Crippen LogP contribution < -0.4 is 16.0 Å². The van der Waals surface area contributed by atoms with E-state index in [1.807, 2.05) is 4.90 Å². The largest absolute Gasteiger partial charge is 0.371 e. The molecule has 0 radical (unpaired) electrons. The Balaban J connectivity index is 1.46. The molecule has 4 rings (SSSR count). The number of carbonyl (C=O) groups is 3. The third-order valence-corrected chi connectivity index (χ3v) is 6.00. The van der Waals surface area contributed by atoms with E-state index in [2.05, 4.69) is 5.32 Å². The Bertz CT molecular complexity index is 1000. The highest BCUT2D eigenvalue weighted by Gasteiger charge is 2.47. The third-order valence-electron chi connectivity index (χ3n) is 6.00. The normalized spacial score (nSPS) is 21.4. The zero-order chi connectivity index (χ0) is 22.2. The predicted molar refractivity (Wildman–Crippen MR) is 110 cm³/mol. The van der Waals surface area contributed by atoms with Crippen LogP contribution in [-0.4, -0.2) is 47.3 Å². The van der Waals surface area contributed by atoms with Gasteiger partial charge in [0.05, 0.1) is 18.2 Å². The molecule has 3 N–H and O–H groups in total. The van der Waals surface area contributed by atoms with Gasteiger partial charge < -0.3 is 11.1 Å². The van der Waals surface area contributed by atoms with Crippen LogP contribution >= 0.6 is 0 Å². The molecule has 0 saturated carbocycles. The first-order valence-electron chi connectivity index (χ1n) is 9.99. The quantitative estimate of drug-likeness (QED) is 0.711. The van der Waals surface area contributed by atoms with Gasteiger partial charge in [0, 0.05) is 18.8 Å². The summed E-state index contributed by atoms with van der Waals surface area (Å²) in [4.78, 5) is 40.7. The van der Waals surface area contributed by atoms with E-state index >= 15 is 0 Å². The van der Waals surface area contributed by atoms with Gasteiger partial charge in [-0.1, -0.05) is 0 Å². The summed E-state index contributed by atoms with van der Waals surface area (Å²) >= 11 is 0. The fraction of sp³-hybridized carbons (Fsp3) is 0.318. The first kappa shape index (κ1) is 20.9. The van der Waals surface area contributed by atoms with Crippen molar-refractivity contribution in [2.45, 2.75) is 30.8 Å². The molecule has 2 aromatic rings. The lowest BCUT2D eigenvalue weighted by molar-refractivity contribution is -0.125. The van der Waals surface area contributed by atoms with Crippen molar-refractivity contribution >= 4 is 29.1 Å². The topological polar surface area (TPSA) is 95.7 Å². The summed E-state index contributed by atoms with van der Waals surface area (Å²) < 4.78 is 26.4. The number of piperidine rings is 1. The summed E-state index contributed by atoms with van der Waals surface area (Å²) in [5, 5.41) is 3.13. The molecule has 0 unspecified atom stereocenters. The second-order valence-electron chi connectivity index (χ2n) is 7.88. The monoisotopic (exact) mass is 428 g/mol. The number of hydrogen-bond acceptors (Lipinski definition) is 5. The maximum atomic E-state index is 13.2. The number of rotatable bonds is 5. The van der Waals surface area contributed by atoms with E-state index < -0.39 is 23.3 Å². The van der Waals surface area contributed by atoms with E-state index in [9.17, 15) is 23.2 Å². The Morgan fingerprint density at radius 3 is 2.06 bits per heavy atom. The molecule has 0 spiro atoms. The minimum atomic E-state index is -1.03. The van der Waals surface area contributed by atoms with Crippen LogP contribution in [0.15, 0.2) is 48.5 Å². The molecule has 2 aromatic carbocycles. The number of hydrogen-bond donors (Lipinski definition) is 2. The predicted octanol–water partition coefficient (Wildman–Crippen LogP) is 2.03. The standard InChI is InChI=1S/C22H22F2N4O3/c23-14-1-5-16(6-2-14)26-22(21(25)31)9-11-27(12-10-22)18-13-19(29)28(20(18)30)17-7-3-15(24)4-8-17/h1-8,18,26H,9-13H2,(H2,25,31)/t18-/m1/s1. The average molecular weight is 428 g/mol. The average Bonchev–Trinajstić information content (AvgIpc) is 3.05. The van der Waals surface area contributed by atoms with Gasteiger partial charge >= 0.3 is 0 Å². The van der Waals surface area contributed by atoms with Crippen LogP contribution in [0, 0.1) is 11.6 Å². The number of benzene rings is 2. The van der Waals surface area contributed by atoms with E-state index in [1.54, 1.807) is 0 Å². The summed E-state index contributed by atoms with van der Waals surface area (Å²) in [5.41, 5.74) is 5.56. The van der Waals surface area contributed by atoms with Crippen LogP contribution in [-0.2, 0) is 14.4 Å². The van der Waals surface area contributed by atoms with Crippen LogP contribution in [0.2, 0.25) is 0 Å². The zero-order valence-electron chi connectivity index (χ0n) is 16.7. The molecule has 1 atom stereocenters. The summed E-state index contributed by atoms with van der Waals surface area (Å²) in [6.07, 6.45) is 0.674. The number of imide groups is 1. The van der Waals surface area contributed by atoms with Crippen molar-refractivity contribution in [2.24, 2.45) is 5.73 Å². The second kappa shape index (κ2) is 8.07. The number of nitrogens with two attached hydrogens (primary N) is 1. The number of carbonyl (C=O) groups excluding carboxylic acids is 3. The van der Waals surface area contributed by atoms with Gasteiger partial charge in [-0.05, 0) is 61.4 Å². The van der Waals surface area contributed by atoms with Gasteiger partial charge in [0.25, 0.3) is 5.91 Å². The van der Waals surface area contributed by atoms with Crippen molar-refractivity contribution < 1.29 is 23.2 Å². The molecule has 9 heteroatoms. The van der Waals surface area contributed by atoms with Crippen molar-refractivity contribution in [3.63, 3.8) is 0 Å². The number of amides is 3. The molecule has 7 nitrogen and oxygen atoms in total. The van der Waals surface area contributed by atoms with Crippen molar-refractivity contribution in [2.75, 3.05) is 23.3 Å². The molecule has 3 amide bonds. The summed E-state index contributed by atoms with van der Waals surface area (Å²) in [6.45, 7) is 0.746. The van der Waals surface area contributed by atoms with Crippen LogP contribution in [0.1, 0.15) is 19.3 Å². The van der Waals surface area contributed by atoms with E-state index in [-0.39, 0.29) is 24.1 Å². The Kier molecular flexibility index (Phi) is 5.45. The van der Waals surface area contributed by atoms with Gasteiger partial charge in [-0.15, -0.1) is 0 Å². The number of halogens is 2. The van der Waals surface area contributed by atoms with Crippen LogP contribution in [0.25, 0.3) is 0 Å². The van der Waals surface area contributed by atoms with Gasteiger partial charge in [-0.2, -0.15) is 0 Å². The van der Waals surface area contributed by atoms with Gasteiger partial charge in [0.2, 0.25) is 11.8 Å². The SMILES string of the molecule is NC(=O)C1(Nc2ccc(F)cc2)CCN([C@@H]2CC(=O)N(c3ccc(F)cc3)C2=O)CC1. The van der Waals surface area contributed by atoms with E-state index in [0.29, 0.717) is 37.3 Å². The Hall–Kier alpha value is -3.33. The maximum Gasteiger partial charge on any atom is 0.251 e. The lowest BCUT2D eigenvalue weighted by Gasteiger charge is -2.42. The first-order chi connectivity index (χ1) is 14.8. The van der Waals surface area contributed by atoms with Crippen molar-refractivity contribution in [3.05, 3.63) is 60.2 Å². The molecular weight excluding hydrogens is 406 g/mol. The maximum absolute atomic E-state index is 13.2. The number of nitrogens with one attached hydrogen (secondary N) is 1. The minimum Gasteiger partial charge on any atom is -0.371 e. The highest BCUT2D eigenvalue weighted by atomic mass is 19.1. The summed E-state index contributed by atoms with van der Waals surface area (Å²) in [5.74, 6) is -2.08. The molecule has 31 heavy (non-hydrogen) atoms. The number of nitrogens with zero attached hydrogens (tertiary/aromatic N) is 2. The number of primary amides is 1.